The first-order chi connectivity index (χ1) is 17.9. The van der Waals surface area contributed by atoms with Gasteiger partial charge in [0.15, 0.2) is 0 Å². The van der Waals surface area contributed by atoms with E-state index in [1.165, 1.54) is 4.90 Å². The molecule has 4 rings (SSSR count). The summed E-state index contributed by atoms with van der Waals surface area (Å²) in [5.41, 5.74) is 5.01. The molecule has 0 amide bonds. The van der Waals surface area contributed by atoms with Crippen molar-refractivity contribution in [3.05, 3.63) is 53.5 Å². The van der Waals surface area contributed by atoms with Crippen LogP contribution in [0.1, 0.15) is 48.4 Å². The fraction of sp³-hybridized carbons (Fsp3) is 0.500. The Morgan fingerprint density at radius 2 is 1.79 bits per heavy atom. The molecule has 0 spiro atoms. The fourth-order valence-electron chi connectivity index (χ4n) is 5.18. The number of hydrogen-bond acceptors (Lipinski definition) is 6. The summed E-state index contributed by atoms with van der Waals surface area (Å²) in [5, 5.41) is 0. The topological polar surface area (TPSA) is 53.3 Å². The Morgan fingerprint density at radius 1 is 1.11 bits per heavy atom. The molecule has 7 nitrogen and oxygen atoms in total. The average Bonchev–Trinajstić information content (AvgIpc) is 3.26. The molecular weight excluding hydrogens is 495 g/mol. The van der Waals surface area contributed by atoms with Crippen molar-refractivity contribution < 1.29 is 22.7 Å². The van der Waals surface area contributed by atoms with Crippen molar-refractivity contribution in [3.8, 4) is 11.1 Å². The maximum absolute atomic E-state index is 13.2. The Labute approximate surface area is 221 Å². The molecule has 3 aromatic heterocycles. The van der Waals surface area contributed by atoms with Crippen LogP contribution in [-0.2, 0) is 4.74 Å². The molecule has 1 aliphatic rings. The first kappa shape index (κ1) is 27.9. The number of halogens is 3. The number of esters is 1. The Balaban J connectivity index is 1.77. The van der Waals surface area contributed by atoms with Crippen LogP contribution in [0.2, 0.25) is 0 Å². The highest BCUT2D eigenvalue weighted by Gasteiger charge is 2.34. The second kappa shape index (κ2) is 10.9. The van der Waals surface area contributed by atoms with E-state index in [0.29, 0.717) is 31.7 Å². The summed E-state index contributed by atoms with van der Waals surface area (Å²) in [5.74, 6) is 0.429. The lowest BCUT2D eigenvalue weighted by Gasteiger charge is -2.39. The third-order valence-electron chi connectivity index (χ3n) is 7.09. The molecule has 10 heteroatoms. The largest absolute Gasteiger partial charge is 0.459 e. The van der Waals surface area contributed by atoms with Crippen LogP contribution in [0.3, 0.4) is 0 Å². The number of carbonyl (C=O) groups excluding carboxylic acids is 1. The molecule has 0 saturated carbocycles. The quantitative estimate of drug-likeness (QED) is 0.392. The molecule has 38 heavy (non-hydrogen) atoms. The molecule has 3 aromatic rings. The van der Waals surface area contributed by atoms with Crippen LogP contribution < -0.4 is 4.90 Å². The molecule has 1 saturated heterocycles. The number of piperazine rings is 1. The Bertz CT molecular complexity index is 1290. The predicted molar refractivity (Wildman–Crippen MR) is 143 cm³/mol. The number of anilines is 1. The zero-order valence-electron chi connectivity index (χ0n) is 22.8. The molecule has 1 unspecified atom stereocenters. The number of aromatic nitrogens is 2. The Morgan fingerprint density at radius 3 is 2.39 bits per heavy atom. The van der Waals surface area contributed by atoms with Crippen molar-refractivity contribution in [3.63, 3.8) is 0 Å². The van der Waals surface area contributed by atoms with Gasteiger partial charge in [-0.2, -0.15) is 13.2 Å². The lowest BCUT2D eigenvalue weighted by molar-refractivity contribution is -0.149. The highest BCUT2D eigenvalue weighted by atomic mass is 19.4. The Hall–Kier alpha value is -3.11. The van der Waals surface area contributed by atoms with Crippen molar-refractivity contribution >= 4 is 17.3 Å². The SMILES string of the molecule is Cc1c(C(=O)OC(C)C)cc2c(-c3ccnc(N(C)C)c3)ccn2c1C(C)N1CCN(CC(F)(F)F)CC1. The van der Waals surface area contributed by atoms with Crippen LogP contribution in [-0.4, -0.2) is 84.3 Å². The second-order valence-electron chi connectivity index (χ2n) is 10.4. The molecular formula is C28H36F3N5O2. The predicted octanol–water partition coefficient (Wildman–Crippen LogP) is 5.18. The van der Waals surface area contributed by atoms with E-state index in [-0.39, 0.29) is 18.1 Å². The monoisotopic (exact) mass is 531 g/mol. The van der Waals surface area contributed by atoms with Gasteiger partial charge in [0.1, 0.15) is 5.82 Å². The van der Waals surface area contributed by atoms with E-state index < -0.39 is 12.7 Å². The average molecular weight is 532 g/mol. The van der Waals surface area contributed by atoms with E-state index in [1.807, 2.05) is 70.2 Å². The minimum atomic E-state index is -4.21. The summed E-state index contributed by atoms with van der Waals surface area (Å²) in [7, 11) is 3.86. The maximum atomic E-state index is 13.2. The number of ether oxygens (including phenoxy) is 1. The number of hydrogen-bond donors (Lipinski definition) is 0. The number of nitrogens with zero attached hydrogens (tertiary/aromatic N) is 5. The van der Waals surface area contributed by atoms with E-state index in [2.05, 4.69) is 21.2 Å². The van der Waals surface area contributed by atoms with Crippen LogP contribution in [0, 0.1) is 6.92 Å². The van der Waals surface area contributed by atoms with E-state index in [0.717, 1.165) is 33.7 Å². The number of fused-ring (bicyclic) bond motifs is 1. The number of rotatable bonds is 7. The van der Waals surface area contributed by atoms with Crippen molar-refractivity contribution in [1.82, 2.24) is 19.2 Å². The van der Waals surface area contributed by atoms with Crippen molar-refractivity contribution in [1.29, 1.82) is 0 Å². The van der Waals surface area contributed by atoms with Crippen molar-refractivity contribution in [2.45, 2.75) is 46.0 Å². The molecule has 4 heterocycles. The first-order valence-corrected chi connectivity index (χ1v) is 12.9. The third-order valence-corrected chi connectivity index (χ3v) is 7.09. The number of alkyl halides is 3. The molecule has 0 bridgehead atoms. The Kier molecular flexibility index (Phi) is 8.04. The van der Waals surface area contributed by atoms with E-state index in [9.17, 15) is 18.0 Å². The van der Waals surface area contributed by atoms with Crippen molar-refractivity contribution in [2.24, 2.45) is 0 Å². The van der Waals surface area contributed by atoms with Gasteiger partial charge in [-0.3, -0.25) is 9.80 Å². The second-order valence-corrected chi connectivity index (χ2v) is 10.4. The summed E-state index contributed by atoms with van der Waals surface area (Å²) in [4.78, 5) is 23.2. The smallest absolute Gasteiger partial charge is 0.401 e. The van der Waals surface area contributed by atoms with E-state index in [1.54, 1.807) is 6.20 Å². The number of pyridine rings is 2. The highest BCUT2D eigenvalue weighted by Crippen LogP contribution is 2.35. The molecule has 1 aliphatic heterocycles. The van der Waals surface area contributed by atoms with Gasteiger partial charge in [0.2, 0.25) is 0 Å². The van der Waals surface area contributed by atoms with Gasteiger partial charge in [-0.1, -0.05) is 0 Å². The summed E-state index contributed by atoms with van der Waals surface area (Å²) in [6.07, 6.45) is -0.714. The van der Waals surface area contributed by atoms with Crippen LogP contribution in [0.5, 0.6) is 0 Å². The van der Waals surface area contributed by atoms with E-state index >= 15 is 0 Å². The molecule has 0 aromatic carbocycles. The summed E-state index contributed by atoms with van der Waals surface area (Å²) in [6.45, 7) is 8.39. The standard InChI is InChI=1S/C28H36F3N5O2/c1-18(2)38-27(37)23-16-24-22(21-7-9-32-25(15-21)33(5)6)8-10-36(24)26(19(23)3)20(4)35-13-11-34(12-14-35)17-28(29,30)31/h7-10,15-16,18,20H,11-14,17H2,1-6H3. The summed E-state index contributed by atoms with van der Waals surface area (Å²) >= 11 is 0. The zero-order chi connectivity index (χ0) is 27.8. The number of carbonyl (C=O) groups is 1. The highest BCUT2D eigenvalue weighted by molar-refractivity contribution is 5.95. The van der Waals surface area contributed by atoms with Crippen LogP contribution >= 0.6 is 0 Å². The van der Waals surface area contributed by atoms with Gasteiger partial charge in [0, 0.05) is 70.0 Å². The van der Waals surface area contributed by atoms with Crippen molar-refractivity contribution in [2.75, 3.05) is 51.7 Å². The lowest BCUT2D eigenvalue weighted by Crippen LogP contribution is -2.49. The van der Waals surface area contributed by atoms with Crippen LogP contribution in [0.25, 0.3) is 16.6 Å². The van der Waals surface area contributed by atoms with E-state index in [4.69, 9.17) is 4.74 Å². The van der Waals surface area contributed by atoms with Crippen LogP contribution in [0.4, 0.5) is 19.0 Å². The maximum Gasteiger partial charge on any atom is 0.401 e. The van der Waals surface area contributed by atoms with Gasteiger partial charge in [-0.15, -0.1) is 0 Å². The normalized spacial score (nSPS) is 16.3. The van der Waals surface area contributed by atoms with Crippen LogP contribution in [0.15, 0.2) is 36.7 Å². The van der Waals surface area contributed by atoms with Gasteiger partial charge < -0.3 is 14.0 Å². The minimum absolute atomic E-state index is 0.132. The molecule has 0 aliphatic carbocycles. The first-order valence-electron chi connectivity index (χ1n) is 12.9. The van der Waals surface area contributed by atoms with Gasteiger partial charge in [0.05, 0.1) is 23.7 Å². The molecule has 0 N–H and O–H groups in total. The van der Waals surface area contributed by atoms with Gasteiger partial charge in [-0.05, 0) is 63.1 Å². The molecule has 1 fully saturated rings. The minimum Gasteiger partial charge on any atom is -0.459 e. The molecule has 1 atom stereocenters. The lowest BCUT2D eigenvalue weighted by atomic mass is 9.99. The molecule has 0 radical (unpaired) electrons. The van der Waals surface area contributed by atoms with Gasteiger partial charge in [-0.25, -0.2) is 9.78 Å². The van der Waals surface area contributed by atoms with Gasteiger partial charge in [0.25, 0.3) is 0 Å². The zero-order valence-corrected chi connectivity index (χ0v) is 22.8. The summed E-state index contributed by atoms with van der Waals surface area (Å²) in [6, 6.07) is 7.72. The fourth-order valence-corrected chi connectivity index (χ4v) is 5.18. The summed E-state index contributed by atoms with van der Waals surface area (Å²) < 4.78 is 46.4. The molecule has 206 valence electrons. The third kappa shape index (κ3) is 5.96. The van der Waals surface area contributed by atoms with Gasteiger partial charge >= 0.3 is 12.1 Å².